The summed E-state index contributed by atoms with van der Waals surface area (Å²) >= 11 is 6.58. The van der Waals surface area contributed by atoms with E-state index in [-0.39, 0.29) is 52.5 Å². The van der Waals surface area contributed by atoms with Crippen LogP contribution in [0.5, 0.6) is 5.75 Å². The number of benzene rings is 2. The molecule has 2 amide bonds. The van der Waals surface area contributed by atoms with E-state index in [2.05, 4.69) is 10.3 Å². The summed E-state index contributed by atoms with van der Waals surface area (Å²) < 4.78 is 41.7. The lowest BCUT2D eigenvalue weighted by atomic mass is 9.97. The molecule has 8 nitrogen and oxygen atoms in total. The van der Waals surface area contributed by atoms with Gasteiger partial charge in [0, 0.05) is 23.5 Å². The monoisotopic (exact) mass is 544 g/mol. The van der Waals surface area contributed by atoms with Crippen molar-refractivity contribution in [3.8, 4) is 16.9 Å². The molecule has 1 saturated heterocycles. The molecule has 38 heavy (non-hydrogen) atoms. The molecule has 1 N–H and O–H groups in total. The minimum absolute atomic E-state index is 0.0365. The first kappa shape index (κ1) is 26.0. The van der Waals surface area contributed by atoms with Crippen LogP contribution in [0.3, 0.4) is 0 Å². The van der Waals surface area contributed by atoms with E-state index < -0.39 is 29.4 Å². The molecule has 3 heterocycles. The number of amides is 2. The zero-order valence-corrected chi connectivity index (χ0v) is 22.3. The molecule has 2 atom stereocenters. The van der Waals surface area contributed by atoms with Crippen molar-refractivity contribution in [3.63, 3.8) is 0 Å². The van der Waals surface area contributed by atoms with Gasteiger partial charge < -0.3 is 24.6 Å². The number of pyridine rings is 1. The molecule has 1 aromatic heterocycles. The Morgan fingerprint density at radius 1 is 1.21 bits per heavy atom. The molecule has 2 aromatic carbocycles. The van der Waals surface area contributed by atoms with Crippen LogP contribution in [0.1, 0.15) is 27.7 Å². The fourth-order valence-electron chi connectivity index (χ4n) is 5.04. The lowest BCUT2D eigenvalue weighted by molar-refractivity contribution is -0.118. The molecule has 5 rings (SSSR count). The van der Waals surface area contributed by atoms with Gasteiger partial charge in [-0.25, -0.2) is 13.6 Å². The minimum Gasteiger partial charge on any atom is -0.496 e. The average Bonchev–Trinajstić information content (AvgIpc) is 2.83. The second-order valence-corrected chi connectivity index (χ2v) is 10.8. The van der Waals surface area contributed by atoms with Gasteiger partial charge in [0.1, 0.15) is 28.7 Å². The van der Waals surface area contributed by atoms with E-state index in [0.29, 0.717) is 16.8 Å². The maximum absolute atomic E-state index is 16.0. The molecule has 0 spiro atoms. The molecule has 3 aromatic rings. The second-order valence-electron chi connectivity index (χ2n) is 10.4. The lowest BCUT2D eigenvalue weighted by Gasteiger charge is -2.48. The smallest absolute Gasteiger partial charge is 0.410 e. The molecule has 2 aliphatic heterocycles. The summed E-state index contributed by atoms with van der Waals surface area (Å²) in [6.45, 7) is 7.54. The van der Waals surface area contributed by atoms with Gasteiger partial charge in [-0.3, -0.25) is 9.78 Å². The van der Waals surface area contributed by atoms with Gasteiger partial charge in [0.2, 0.25) is 5.91 Å². The van der Waals surface area contributed by atoms with Gasteiger partial charge in [-0.15, -0.1) is 0 Å². The molecule has 11 heteroatoms. The van der Waals surface area contributed by atoms with E-state index in [1.165, 1.54) is 42.5 Å². The van der Waals surface area contributed by atoms with Crippen LogP contribution >= 0.6 is 11.6 Å². The molecule has 1 fully saturated rings. The highest BCUT2D eigenvalue weighted by molar-refractivity contribution is 6.34. The van der Waals surface area contributed by atoms with Gasteiger partial charge in [0.25, 0.3) is 0 Å². The third-order valence-electron chi connectivity index (χ3n) is 6.69. The summed E-state index contributed by atoms with van der Waals surface area (Å²) in [5.41, 5.74) is -0.0766. The van der Waals surface area contributed by atoms with Gasteiger partial charge in [0.15, 0.2) is 5.82 Å². The number of nitrogens with zero attached hydrogens (tertiary/aromatic N) is 3. The van der Waals surface area contributed by atoms with Crippen molar-refractivity contribution >= 4 is 45.9 Å². The van der Waals surface area contributed by atoms with Crippen molar-refractivity contribution in [1.29, 1.82) is 0 Å². The number of aromatic nitrogens is 1. The largest absolute Gasteiger partial charge is 0.496 e. The Kier molecular flexibility index (Phi) is 6.33. The van der Waals surface area contributed by atoms with E-state index in [4.69, 9.17) is 21.1 Å². The Labute approximate surface area is 223 Å². The number of rotatable bonds is 2. The Morgan fingerprint density at radius 2 is 1.95 bits per heavy atom. The van der Waals surface area contributed by atoms with Crippen LogP contribution in [-0.4, -0.2) is 59.8 Å². The number of anilines is 2. The van der Waals surface area contributed by atoms with Crippen molar-refractivity contribution < 1.29 is 27.8 Å². The van der Waals surface area contributed by atoms with Crippen molar-refractivity contribution in [2.45, 2.75) is 45.4 Å². The molecule has 0 aliphatic carbocycles. The topological polar surface area (TPSA) is 84.0 Å². The molecule has 0 bridgehead atoms. The number of nitrogens with one attached hydrogen (secondary N) is 1. The molecule has 200 valence electrons. The fourth-order valence-corrected chi connectivity index (χ4v) is 5.32. The zero-order valence-electron chi connectivity index (χ0n) is 21.6. The van der Waals surface area contributed by atoms with Crippen molar-refractivity contribution in [3.05, 3.63) is 47.1 Å². The summed E-state index contributed by atoms with van der Waals surface area (Å²) in [7, 11) is 1.36. The van der Waals surface area contributed by atoms with Crippen LogP contribution in [0.25, 0.3) is 22.0 Å². The molecule has 0 unspecified atom stereocenters. The molecular weight excluding hydrogens is 518 g/mol. The van der Waals surface area contributed by atoms with Crippen LogP contribution in [0.15, 0.2) is 30.5 Å². The van der Waals surface area contributed by atoms with Crippen LogP contribution in [0.4, 0.5) is 25.0 Å². The number of ether oxygens (including phenoxy) is 2. The molecule has 0 radical (unpaired) electrons. The van der Waals surface area contributed by atoms with Gasteiger partial charge in [-0.05, 0) is 45.9 Å². The van der Waals surface area contributed by atoms with Crippen LogP contribution in [0, 0.1) is 11.6 Å². The highest BCUT2D eigenvalue weighted by Crippen LogP contribution is 2.46. The quantitative estimate of drug-likeness (QED) is 0.451. The van der Waals surface area contributed by atoms with Crippen molar-refractivity contribution in [2.24, 2.45) is 0 Å². The van der Waals surface area contributed by atoms with Crippen molar-refractivity contribution in [1.82, 2.24) is 9.88 Å². The Balaban J connectivity index is 1.62. The lowest BCUT2D eigenvalue weighted by Crippen LogP contribution is -2.64. The number of carbonyl (C=O) groups excluding carboxylic acids is 2. The predicted octanol–water partition coefficient (Wildman–Crippen LogP) is 5.61. The average molecular weight is 545 g/mol. The number of carbonyl (C=O) groups is 2. The minimum atomic E-state index is -0.812. The third kappa shape index (κ3) is 4.26. The van der Waals surface area contributed by atoms with Crippen LogP contribution in [-0.2, 0) is 9.53 Å². The number of halogens is 3. The Bertz CT molecular complexity index is 1480. The molecule has 0 saturated carbocycles. The van der Waals surface area contributed by atoms with Gasteiger partial charge >= 0.3 is 6.09 Å². The van der Waals surface area contributed by atoms with Crippen LogP contribution < -0.4 is 15.0 Å². The number of methoxy groups -OCH3 is 1. The SMILES string of the molecule is COc1cccc(F)c1-c1c(Cl)cc2c3c(cnc2c1F)NC(=O)[C@H]1CN(C(=O)OC(C)(C)C)[C@H](C)CN31. The number of hydrogen-bond donors (Lipinski definition) is 1. The first-order valence-corrected chi connectivity index (χ1v) is 12.5. The Hall–Kier alpha value is -3.66. The van der Waals surface area contributed by atoms with E-state index in [0.717, 1.165) is 0 Å². The maximum Gasteiger partial charge on any atom is 0.410 e. The van der Waals surface area contributed by atoms with E-state index >= 15 is 4.39 Å². The third-order valence-corrected chi connectivity index (χ3v) is 6.98. The summed E-state index contributed by atoms with van der Waals surface area (Å²) in [4.78, 5) is 33.5. The number of hydrogen-bond acceptors (Lipinski definition) is 6. The van der Waals surface area contributed by atoms with Gasteiger partial charge in [-0.1, -0.05) is 17.7 Å². The van der Waals surface area contributed by atoms with Crippen LogP contribution in [0.2, 0.25) is 5.02 Å². The fraction of sp³-hybridized carbons (Fsp3) is 0.370. The van der Waals surface area contributed by atoms with E-state index in [1.54, 1.807) is 20.8 Å². The van der Waals surface area contributed by atoms with Crippen molar-refractivity contribution in [2.75, 3.05) is 30.4 Å². The Morgan fingerprint density at radius 3 is 2.63 bits per heavy atom. The first-order chi connectivity index (χ1) is 17.9. The maximum atomic E-state index is 16.0. The molecular formula is C27H27ClF2N4O4. The number of piperazine rings is 1. The number of fused-ring (bicyclic) bond motifs is 5. The second kappa shape index (κ2) is 9.27. The highest BCUT2D eigenvalue weighted by Gasteiger charge is 2.44. The molecule has 2 aliphatic rings. The standard InChI is InChI=1S/C27H27ClF2N4O4/c1-13-11-34-18(12-33(13)26(36)38-27(2,3)4)25(35)32-17-10-31-23-14(24(17)34)9-15(28)20(22(23)30)21-16(29)7-6-8-19(21)37-5/h6-10,13,18H,11-12H2,1-5H3,(H,32,35)/t13-,18-/m1/s1. The highest BCUT2D eigenvalue weighted by atomic mass is 35.5. The summed E-state index contributed by atoms with van der Waals surface area (Å²) in [6, 6.07) is 4.64. The predicted molar refractivity (Wildman–Crippen MR) is 141 cm³/mol. The summed E-state index contributed by atoms with van der Waals surface area (Å²) in [5.74, 6) is -1.70. The van der Waals surface area contributed by atoms with E-state index in [9.17, 15) is 14.0 Å². The van der Waals surface area contributed by atoms with E-state index in [1.807, 2.05) is 11.8 Å². The zero-order chi connectivity index (χ0) is 27.5. The van der Waals surface area contributed by atoms with Gasteiger partial charge in [-0.2, -0.15) is 0 Å². The van der Waals surface area contributed by atoms with Gasteiger partial charge in [0.05, 0.1) is 41.8 Å². The summed E-state index contributed by atoms with van der Waals surface area (Å²) in [5, 5.41) is 3.13. The first-order valence-electron chi connectivity index (χ1n) is 12.1. The summed E-state index contributed by atoms with van der Waals surface area (Å²) in [6.07, 6.45) is 0.858. The normalized spacial score (nSPS) is 19.1.